The van der Waals surface area contributed by atoms with Crippen LogP contribution in [-0.4, -0.2) is 22.6 Å². The van der Waals surface area contributed by atoms with Crippen molar-refractivity contribution in [3.63, 3.8) is 0 Å². The minimum Gasteiger partial charge on any atom is -0.354 e. The summed E-state index contributed by atoms with van der Waals surface area (Å²) in [5.74, 6) is 0.894. The summed E-state index contributed by atoms with van der Waals surface area (Å²) in [6, 6.07) is 4.45. The Morgan fingerprint density at radius 2 is 2.33 bits per heavy atom. The first-order chi connectivity index (χ1) is 7.35. The molecule has 0 amide bonds. The van der Waals surface area contributed by atoms with Crippen LogP contribution in [0, 0.1) is 11.3 Å². The van der Waals surface area contributed by atoms with Gasteiger partial charge in [-0.2, -0.15) is 5.26 Å². The molecule has 0 unspecified atom stereocenters. The highest BCUT2D eigenvalue weighted by Crippen LogP contribution is 2.30. The molecular formula is C11H14N4. The molecule has 0 aromatic carbocycles. The Hall–Kier alpha value is -1.63. The lowest BCUT2D eigenvalue weighted by Crippen LogP contribution is -2.27. The van der Waals surface area contributed by atoms with Gasteiger partial charge in [0.05, 0.1) is 0 Å². The van der Waals surface area contributed by atoms with Gasteiger partial charge in [0.15, 0.2) is 0 Å². The molecular weight excluding hydrogens is 188 g/mol. The van der Waals surface area contributed by atoms with E-state index >= 15 is 0 Å². The van der Waals surface area contributed by atoms with Crippen molar-refractivity contribution in [2.75, 3.05) is 11.4 Å². The largest absolute Gasteiger partial charge is 0.354 e. The number of anilines is 1. The van der Waals surface area contributed by atoms with E-state index in [0.29, 0.717) is 11.7 Å². The molecule has 1 saturated carbocycles. The summed E-state index contributed by atoms with van der Waals surface area (Å²) >= 11 is 0. The Bertz CT molecular complexity index is 378. The maximum atomic E-state index is 8.77. The minimum atomic E-state index is 0.446. The standard InChI is InChI=1S/C11H14N4/c1-2-5-15(10-3-4-10)11-6-9(7-12)13-8-14-11/h6,8,10H,2-5H2,1H3. The van der Waals surface area contributed by atoms with Crippen LogP contribution in [-0.2, 0) is 0 Å². The van der Waals surface area contributed by atoms with Gasteiger partial charge >= 0.3 is 0 Å². The van der Waals surface area contributed by atoms with Crippen molar-refractivity contribution in [2.24, 2.45) is 0 Å². The Labute approximate surface area is 89.6 Å². The van der Waals surface area contributed by atoms with E-state index in [2.05, 4.69) is 21.8 Å². The van der Waals surface area contributed by atoms with E-state index in [4.69, 9.17) is 5.26 Å². The predicted molar refractivity (Wildman–Crippen MR) is 57.4 cm³/mol. The van der Waals surface area contributed by atoms with Crippen molar-refractivity contribution in [2.45, 2.75) is 32.2 Å². The summed E-state index contributed by atoms with van der Waals surface area (Å²) in [6.45, 7) is 3.16. The van der Waals surface area contributed by atoms with Crippen LogP contribution >= 0.6 is 0 Å². The normalized spacial score (nSPS) is 14.7. The molecule has 0 atom stereocenters. The van der Waals surface area contributed by atoms with E-state index in [0.717, 1.165) is 18.8 Å². The number of nitriles is 1. The molecule has 0 saturated heterocycles. The van der Waals surface area contributed by atoms with Crippen molar-refractivity contribution in [1.82, 2.24) is 9.97 Å². The maximum Gasteiger partial charge on any atom is 0.145 e. The van der Waals surface area contributed by atoms with Crippen molar-refractivity contribution in [1.29, 1.82) is 5.26 Å². The zero-order chi connectivity index (χ0) is 10.7. The zero-order valence-electron chi connectivity index (χ0n) is 8.85. The molecule has 1 aromatic rings. The van der Waals surface area contributed by atoms with Crippen LogP contribution in [0.5, 0.6) is 0 Å². The molecule has 1 fully saturated rings. The summed E-state index contributed by atoms with van der Waals surface area (Å²) in [4.78, 5) is 10.4. The Kier molecular flexibility index (Phi) is 2.82. The summed E-state index contributed by atoms with van der Waals surface area (Å²) in [5.41, 5.74) is 0.446. The third-order valence-corrected chi connectivity index (χ3v) is 2.51. The van der Waals surface area contributed by atoms with Crippen LogP contribution in [0.25, 0.3) is 0 Å². The molecule has 15 heavy (non-hydrogen) atoms. The second-order valence-electron chi connectivity index (χ2n) is 3.80. The lowest BCUT2D eigenvalue weighted by molar-refractivity contribution is 0.748. The summed E-state index contributed by atoms with van der Waals surface area (Å²) < 4.78 is 0. The average molecular weight is 202 g/mol. The number of rotatable bonds is 4. The lowest BCUT2D eigenvalue weighted by atomic mass is 10.3. The third-order valence-electron chi connectivity index (χ3n) is 2.51. The molecule has 1 aliphatic carbocycles. The van der Waals surface area contributed by atoms with E-state index in [1.165, 1.54) is 19.2 Å². The predicted octanol–water partition coefficient (Wildman–Crippen LogP) is 1.73. The van der Waals surface area contributed by atoms with Gasteiger partial charge in [-0.3, -0.25) is 0 Å². The lowest BCUT2D eigenvalue weighted by Gasteiger charge is -2.22. The van der Waals surface area contributed by atoms with Gasteiger partial charge in [0.25, 0.3) is 0 Å². The molecule has 78 valence electrons. The van der Waals surface area contributed by atoms with Crippen molar-refractivity contribution in [3.05, 3.63) is 18.1 Å². The molecule has 4 heteroatoms. The minimum absolute atomic E-state index is 0.446. The van der Waals surface area contributed by atoms with Gasteiger partial charge < -0.3 is 4.90 Å². The van der Waals surface area contributed by atoms with Gasteiger partial charge in [0.1, 0.15) is 23.9 Å². The third kappa shape index (κ3) is 2.24. The van der Waals surface area contributed by atoms with Gasteiger partial charge in [-0.1, -0.05) is 6.92 Å². The molecule has 1 aliphatic rings. The summed E-state index contributed by atoms with van der Waals surface area (Å²) in [5, 5.41) is 8.77. The van der Waals surface area contributed by atoms with Crippen molar-refractivity contribution < 1.29 is 0 Å². The van der Waals surface area contributed by atoms with Crippen LogP contribution < -0.4 is 4.90 Å². The number of hydrogen-bond acceptors (Lipinski definition) is 4. The fourth-order valence-electron chi connectivity index (χ4n) is 1.68. The molecule has 0 aliphatic heterocycles. The number of nitrogens with zero attached hydrogens (tertiary/aromatic N) is 4. The van der Waals surface area contributed by atoms with E-state index in [-0.39, 0.29) is 0 Å². The molecule has 2 rings (SSSR count). The quantitative estimate of drug-likeness (QED) is 0.746. The van der Waals surface area contributed by atoms with E-state index in [9.17, 15) is 0 Å². The van der Waals surface area contributed by atoms with E-state index < -0.39 is 0 Å². The first-order valence-electron chi connectivity index (χ1n) is 5.34. The van der Waals surface area contributed by atoms with Crippen molar-refractivity contribution >= 4 is 5.82 Å². The van der Waals surface area contributed by atoms with Crippen LogP contribution in [0.4, 0.5) is 5.82 Å². The summed E-state index contributed by atoms with van der Waals surface area (Å²) in [6.07, 6.45) is 5.05. The highest BCUT2D eigenvalue weighted by Gasteiger charge is 2.29. The molecule has 0 bridgehead atoms. The molecule has 0 spiro atoms. The Morgan fingerprint density at radius 1 is 1.53 bits per heavy atom. The first-order valence-corrected chi connectivity index (χ1v) is 5.34. The molecule has 1 heterocycles. The highest BCUT2D eigenvalue weighted by molar-refractivity contribution is 5.44. The van der Waals surface area contributed by atoms with Crippen molar-refractivity contribution in [3.8, 4) is 6.07 Å². The molecule has 1 aromatic heterocycles. The van der Waals surface area contributed by atoms with E-state index in [1.807, 2.05) is 6.07 Å². The van der Waals surface area contributed by atoms with Gasteiger partial charge in [-0.25, -0.2) is 9.97 Å². The monoisotopic (exact) mass is 202 g/mol. The smallest absolute Gasteiger partial charge is 0.145 e. The van der Waals surface area contributed by atoms with Crippen LogP contribution in [0.3, 0.4) is 0 Å². The fourth-order valence-corrected chi connectivity index (χ4v) is 1.68. The van der Waals surface area contributed by atoms with Gasteiger partial charge in [0, 0.05) is 18.7 Å². The summed E-state index contributed by atoms with van der Waals surface area (Å²) in [7, 11) is 0. The second kappa shape index (κ2) is 4.26. The first kappa shape index (κ1) is 9.91. The van der Waals surface area contributed by atoms with E-state index in [1.54, 1.807) is 6.07 Å². The SMILES string of the molecule is CCCN(c1cc(C#N)ncn1)C1CC1. The molecule has 4 nitrogen and oxygen atoms in total. The second-order valence-corrected chi connectivity index (χ2v) is 3.80. The van der Waals surface area contributed by atoms with Gasteiger partial charge in [-0.15, -0.1) is 0 Å². The topological polar surface area (TPSA) is 52.8 Å². The number of aromatic nitrogens is 2. The Morgan fingerprint density at radius 3 is 2.93 bits per heavy atom. The van der Waals surface area contributed by atoms with Crippen LogP contribution in [0.1, 0.15) is 31.9 Å². The molecule has 0 N–H and O–H groups in total. The number of hydrogen-bond donors (Lipinski definition) is 0. The average Bonchev–Trinajstić information content (AvgIpc) is 3.10. The zero-order valence-corrected chi connectivity index (χ0v) is 8.85. The van der Waals surface area contributed by atoms with Crippen LogP contribution in [0.2, 0.25) is 0 Å². The fraction of sp³-hybridized carbons (Fsp3) is 0.545. The maximum absolute atomic E-state index is 8.77. The Balaban J connectivity index is 2.21. The van der Waals surface area contributed by atoms with Crippen LogP contribution in [0.15, 0.2) is 12.4 Å². The molecule has 0 radical (unpaired) electrons. The van der Waals surface area contributed by atoms with Gasteiger partial charge in [-0.05, 0) is 19.3 Å². The van der Waals surface area contributed by atoms with Gasteiger partial charge in [0.2, 0.25) is 0 Å². The highest BCUT2D eigenvalue weighted by atomic mass is 15.2.